The molecule has 34 heavy (non-hydrogen) atoms. The van der Waals surface area contributed by atoms with Crippen LogP contribution < -0.4 is 5.32 Å². The largest absolute Gasteiger partial charge is 0.483 e. The van der Waals surface area contributed by atoms with E-state index in [2.05, 4.69) is 30.7 Å². The molecule has 0 radical (unpaired) electrons. The highest BCUT2D eigenvalue weighted by Crippen LogP contribution is 2.28. The third kappa shape index (κ3) is 4.62. The molecule has 3 fully saturated rings. The molecule has 3 aliphatic rings. The number of carbonyl (C=O) groups is 3. The molecule has 2 bridgehead atoms. The Labute approximate surface area is 194 Å². The summed E-state index contributed by atoms with van der Waals surface area (Å²) >= 11 is 0. The van der Waals surface area contributed by atoms with Crippen molar-refractivity contribution in [3.63, 3.8) is 0 Å². The van der Waals surface area contributed by atoms with Gasteiger partial charge in [-0.3, -0.25) is 14.7 Å². The monoisotopic (exact) mass is 469 g/mol. The quantitative estimate of drug-likeness (QED) is 0.390. The molecule has 12 heteroatoms. The summed E-state index contributed by atoms with van der Waals surface area (Å²) in [5, 5.41) is 35.4. The fourth-order valence-electron chi connectivity index (χ4n) is 4.75. The zero-order chi connectivity index (χ0) is 24.2. The first-order valence-corrected chi connectivity index (χ1v) is 11.2. The Morgan fingerprint density at radius 1 is 1.32 bits per heavy atom. The van der Waals surface area contributed by atoms with Gasteiger partial charge in [0.2, 0.25) is 0 Å². The van der Waals surface area contributed by atoms with Crippen molar-refractivity contribution in [3.8, 4) is 11.3 Å². The molecule has 6 rings (SSSR count). The lowest BCUT2D eigenvalue weighted by Gasteiger charge is -2.44. The maximum atomic E-state index is 12.9. The Morgan fingerprint density at radius 2 is 2.06 bits per heavy atom. The summed E-state index contributed by atoms with van der Waals surface area (Å²) in [6.45, 7) is 4.70. The van der Waals surface area contributed by atoms with Crippen molar-refractivity contribution >= 4 is 29.3 Å². The van der Waals surface area contributed by atoms with Crippen molar-refractivity contribution < 1.29 is 24.6 Å². The minimum Gasteiger partial charge on any atom is -0.483 e. The average Bonchev–Trinajstić information content (AvgIpc) is 3.48. The minimum atomic E-state index is -0.943. The van der Waals surface area contributed by atoms with E-state index >= 15 is 0 Å². The molecule has 4 N–H and O–H groups in total. The number of benzene rings is 1. The van der Waals surface area contributed by atoms with Gasteiger partial charge >= 0.3 is 5.97 Å². The molecule has 1 amide bonds. The number of amides is 1. The van der Waals surface area contributed by atoms with Gasteiger partial charge in [0.1, 0.15) is 5.69 Å². The van der Waals surface area contributed by atoms with Crippen molar-refractivity contribution in [3.05, 3.63) is 30.1 Å². The second kappa shape index (κ2) is 10.00. The molecular weight excluding hydrogens is 442 g/mol. The van der Waals surface area contributed by atoms with Crippen LogP contribution in [0.1, 0.15) is 42.7 Å². The number of aromatic amines is 1. The van der Waals surface area contributed by atoms with Gasteiger partial charge in [0, 0.05) is 23.5 Å². The first kappa shape index (κ1) is 23.4. The Morgan fingerprint density at radius 3 is 2.68 bits per heavy atom. The fourth-order valence-corrected chi connectivity index (χ4v) is 4.75. The molecule has 3 aromatic rings. The molecule has 5 heterocycles. The van der Waals surface area contributed by atoms with E-state index < -0.39 is 12.0 Å². The van der Waals surface area contributed by atoms with Crippen LogP contribution >= 0.6 is 0 Å². The number of H-pyrrole nitrogens is 1. The number of nitrogens with zero attached hydrogens (tertiary/aromatic N) is 5. The molecule has 2 atom stereocenters. The maximum Gasteiger partial charge on any atom is 0.328 e. The van der Waals surface area contributed by atoms with Crippen molar-refractivity contribution in [2.24, 2.45) is 5.92 Å². The van der Waals surface area contributed by atoms with Crippen LogP contribution in [0.15, 0.2) is 24.4 Å². The number of rotatable bonds is 6. The lowest BCUT2D eigenvalue weighted by molar-refractivity contribution is -0.141. The summed E-state index contributed by atoms with van der Waals surface area (Å²) < 4.78 is 1.36. The van der Waals surface area contributed by atoms with Crippen molar-refractivity contribution in [2.75, 3.05) is 19.6 Å². The predicted octanol–water partition coefficient (Wildman–Crippen LogP) is 1.38. The fraction of sp³-hybridized carbons (Fsp3) is 0.455. The molecule has 0 aliphatic carbocycles. The topological polar surface area (TPSA) is 166 Å². The number of carbonyl (C=O) groups excluding carboxylic acids is 1. The van der Waals surface area contributed by atoms with Crippen LogP contribution in [0.3, 0.4) is 0 Å². The van der Waals surface area contributed by atoms with Gasteiger partial charge < -0.3 is 20.4 Å². The van der Waals surface area contributed by atoms with Gasteiger partial charge in [-0.1, -0.05) is 18.2 Å². The summed E-state index contributed by atoms with van der Waals surface area (Å²) in [6.07, 6.45) is 4.31. The van der Waals surface area contributed by atoms with Crippen molar-refractivity contribution in [1.82, 2.24) is 35.4 Å². The van der Waals surface area contributed by atoms with Gasteiger partial charge in [0.05, 0.1) is 11.7 Å². The summed E-state index contributed by atoms with van der Waals surface area (Å²) in [6, 6.07) is 4.96. The number of nitrogens with one attached hydrogen (secondary N) is 2. The van der Waals surface area contributed by atoms with Crippen LogP contribution in [0.2, 0.25) is 0 Å². The molecule has 3 aliphatic heterocycles. The van der Waals surface area contributed by atoms with Crippen LogP contribution in [-0.2, 0) is 9.59 Å². The van der Waals surface area contributed by atoms with Crippen LogP contribution in [-0.4, -0.2) is 84.3 Å². The number of aromatic nitrogens is 5. The van der Waals surface area contributed by atoms with Crippen molar-refractivity contribution in [2.45, 2.75) is 38.3 Å². The van der Waals surface area contributed by atoms with E-state index in [1.54, 1.807) is 13.1 Å². The summed E-state index contributed by atoms with van der Waals surface area (Å²) in [7, 11) is 0. The van der Waals surface area contributed by atoms with Crippen LogP contribution in [0.25, 0.3) is 22.2 Å². The summed E-state index contributed by atoms with van der Waals surface area (Å²) in [5.74, 6) is -0.552. The molecule has 12 nitrogen and oxygen atoms in total. The van der Waals surface area contributed by atoms with E-state index in [9.17, 15) is 14.7 Å². The molecule has 1 aromatic carbocycles. The molecular formula is C22H27N7O5. The number of hydrogen-bond donors (Lipinski definition) is 4. The van der Waals surface area contributed by atoms with E-state index in [1.807, 2.05) is 18.2 Å². The van der Waals surface area contributed by atoms with E-state index in [0.717, 1.165) is 48.9 Å². The van der Waals surface area contributed by atoms with Gasteiger partial charge in [0.25, 0.3) is 12.4 Å². The third-order valence-electron chi connectivity index (χ3n) is 6.55. The van der Waals surface area contributed by atoms with E-state index in [4.69, 9.17) is 9.90 Å². The second-order valence-corrected chi connectivity index (χ2v) is 8.50. The van der Waals surface area contributed by atoms with E-state index in [1.165, 1.54) is 4.68 Å². The molecule has 3 saturated heterocycles. The van der Waals surface area contributed by atoms with E-state index in [0.29, 0.717) is 23.7 Å². The number of fused-ring (bicyclic) bond motifs is 4. The van der Waals surface area contributed by atoms with E-state index in [-0.39, 0.29) is 18.4 Å². The van der Waals surface area contributed by atoms with Gasteiger partial charge in [-0.05, 0) is 50.4 Å². The Balaban J connectivity index is 0.000000868. The third-order valence-corrected chi connectivity index (χ3v) is 6.55. The normalized spacial score (nSPS) is 22.0. The zero-order valence-electron chi connectivity index (χ0n) is 18.7. The highest BCUT2D eigenvalue weighted by molar-refractivity contribution is 6.05. The lowest BCUT2D eigenvalue weighted by Crippen LogP contribution is -2.57. The maximum absolute atomic E-state index is 12.9. The summed E-state index contributed by atoms with van der Waals surface area (Å²) in [5.41, 5.74) is 2.44. The van der Waals surface area contributed by atoms with Crippen LogP contribution in [0.4, 0.5) is 0 Å². The summed E-state index contributed by atoms with van der Waals surface area (Å²) in [4.78, 5) is 35.0. The standard InChI is InChI=1S/C21H25N7O3.CH2O2/c1-2-18(21(30)31)28-11-17(24-26-28)13-3-4-14-15(9-13)23-25-19(14)20(29)22-16-10-27-7-5-12(16)6-8-27;2-1-3/h3-4,9,11-12,16,18H,2,5-8,10H2,1H3,(H,22,29)(H,23,25)(H,30,31);1H,(H,2,3)/t16-,18?;/m0./s1. The van der Waals surface area contributed by atoms with Crippen molar-refractivity contribution in [1.29, 1.82) is 0 Å². The van der Waals surface area contributed by atoms with Crippen LogP contribution in [0.5, 0.6) is 0 Å². The average molecular weight is 470 g/mol. The number of carboxylic acids is 1. The molecule has 0 saturated carbocycles. The van der Waals surface area contributed by atoms with Gasteiger partial charge in [-0.15, -0.1) is 5.10 Å². The predicted molar refractivity (Wildman–Crippen MR) is 121 cm³/mol. The Hall–Kier alpha value is -3.80. The highest BCUT2D eigenvalue weighted by atomic mass is 16.4. The van der Waals surface area contributed by atoms with Gasteiger partial charge in [-0.25, -0.2) is 9.48 Å². The number of hydrogen-bond acceptors (Lipinski definition) is 7. The van der Waals surface area contributed by atoms with Gasteiger partial charge in [-0.2, -0.15) is 5.10 Å². The SMILES string of the molecule is CCC(C(=O)O)n1cc(-c2ccc3c(C(=O)N[C@H]4CN5CCC4CC5)n[nH]c3c2)nn1.O=CO. The smallest absolute Gasteiger partial charge is 0.328 e. The highest BCUT2D eigenvalue weighted by Gasteiger charge is 2.35. The Kier molecular flexibility index (Phi) is 6.87. The molecule has 0 spiro atoms. The first-order valence-electron chi connectivity index (χ1n) is 11.2. The Bertz CT molecular complexity index is 1180. The number of aliphatic carboxylic acids is 1. The van der Waals surface area contributed by atoms with Crippen LogP contribution in [0, 0.1) is 5.92 Å². The minimum absolute atomic E-state index is 0.157. The van der Waals surface area contributed by atoms with Gasteiger partial charge in [0.15, 0.2) is 11.7 Å². The lowest BCUT2D eigenvalue weighted by atomic mass is 9.84. The molecule has 180 valence electrons. The number of carboxylic acid groups (broad SMARTS) is 2. The molecule has 2 aromatic heterocycles. The second-order valence-electron chi connectivity index (χ2n) is 8.50. The first-order chi connectivity index (χ1) is 16.4. The zero-order valence-corrected chi connectivity index (χ0v) is 18.7. The molecule has 1 unspecified atom stereocenters. The number of piperidine rings is 3.